The number of esters is 1. The molecule has 0 atom stereocenters. The summed E-state index contributed by atoms with van der Waals surface area (Å²) in [5.74, 6) is -0.462. The molecule has 2 aromatic rings. The van der Waals surface area contributed by atoms with Crippen molar-refractivity contribution in [2.24, 2.45) is 0 Å². The van der Waals surface area contributed by atoms with Crippen molar-refractivity contribution < 1.29 is 9.53 Å². The third-order valence-electron chi connectivity index (χ3n) is 3.02. The molecular weight excluding hydrogens is 377 g/mol. The quantitative estimate of drug-likeness (QED) is 0.594. The van der Waals surface area contributed by atoms with Gasteiger partial charge in [-0.05, 0) is 30.7 Å². The second-order valence-corrected chi connectivity index (χ2v) is 6.16. The summed E-state index contributed by atoms with van der Waals surface area (Å²) < 4.78 is 6.00. The Bertz CT molecular complexity index is 704. The fourth-order valence-corrected chi connectivity index (χ4v) is 2.64. The Balaban J connectivity index is 2.18. The number of rotatable bonds is 3. The molecular formula is C15H12BrCl2NO2. The Hall–Kier alpha value is -1.23. The Kier molecular flexibility index (Phi) is 5.14. The lowest BCUT2D eigenvalue weighted by Crippen LogP contribution is -2.09. The van der Waals surface area contributed by atoms with Crippen LogP contribution in [0.1, 0.15) is 21.5 Å². The topological polar surface area (TPSA) is 52.3 Å². The molecule has 2 rings (SSSR count). The highest BCUT2D eigenvalue weighted by Gasteiger charge is 2.15. The lowest BCUT2D eigenvalue weighted by Gasteiger charge is -2.11. The first-order valence-corrected chi connectivity index (χ1v) is 7.60. The van der Waals surface area contributed by atoms with Crippen LogP contribution >= 0.6 is 39.1 Å². The molecule has 110 valence electrons. The van der Waals surface area contributed by atoms with Crippen LogP contribution in [0, 0.1) is 6.92 Å². The Morgan fingerprint density at radius 2 is 2.05 bits per heavy atom. The van der Waals surface area contributed by atoms with E-state index in [1.54, 1.807) is 37.3 Å². The molecule has 2 N–H and O–H groups in total. The molecule has 0 radical (unpaired) electrons. The van der Waals surface area contributed by atoms with Crippen molar-refractivity contribution in [3.63, 3.8) is 0 Å². The number of anilines is 1. The van der Waals surface area contributed by atoms with E-state index >= 15 is 0 Å². The number of carbonyl (C=O) groups is 1. The minimum Gasteiger partial charge on any atom is -0.457 e. The number of nitrogen functional groups attached to an aromatic ring is 1. The van der Waals surface area contributed by atoms with Crippen LogP contribution in [0.3, 0.4) is 0 Å². The molecule has 0 aliphatic heterocycles. The number of nitrogens with two attached hydrogens (primary N) is 1. The minimum absolute atomic E-state index is 0.0457. The normalized spacial score (nSPS) is 10.5. The van der Waals surface area contributed by atoms with Crippen molar-refractivity contribution in [1.82, 2.24) is 0 Å². The van der Waals surface area contributed by atoms with Crippen LogP contribution < -0.4 is 5.73 Å². The number of halogens is 3. The Morgan fingerprint density at radius 3 is 2.76 bits per heavy atom. The lowest BCUT2D eigenvalue weighted by atomic mass is 10.1. The van der Waals surface area contributed by atoms with Crippen LogP contribution in [0.25, 0.3) is 0 Å². The molecule has 0 saturated heterocycles. The van der Waals surface area contributed by atoms with E-state index in [0.717, 1.165) is 4.47 Å². The van der Waals surface area contributed by atoms with E-state index in [0.29, 0.717) is 32.4 Å². The predicted molar refractivity (Wildman–Crippen MR) is 88.9 cm³/mol. The summed E-state index contributed by atoms with van der Waals surface area (Å²) in [6.07, 6.45) is 0. The second-order valence-electron chi connectivity index (χ2n) is 4.46. The van der Waals surface area contributed by atoms with Gasteiger partial charge in [0.15, 0.2) is 0 Å². The van der Waals surface area contributed by atoms with Gasteiger partial charge in [0.2, 0.25) is 0 Å². The molecule has 0 aliphatic carbocycles. The molecule has 6 heteroatoms. The number of ether oxygens (including phenoxy) is 1. The molecule has 0 unspecified atom stereocenters. The maximum Gasteiger partial charge on any atom is 0.338 e. The molecule has 0 saturated carbocycles. The zero-order valence-electron chi connectivity index (χ0n) is 11.1. The first-order valence-electron chi connectivity index (χ1n) is 6.05. The summed E-state index contributed by atoms with van der Waals surface area (Å²) >= 11 is 15.3. The maximum atomic E-state index is 12.2. The molecule has 0 heterocycles. The molecule has 0 spiro atoms. The van der Waals surface area contributed by atoms with Gasteiger partial charge in [0, 0.05) is 15.7 Å². The summed E-state index contributed by atoms with van der Waals surface area (Å²) in [5.41, 5.74) is 8.11. The summed E-state index contributed by atoms with van der Waals surface area (Å²) in [6.45, 7) is 1.81. The molecule has 0 aromatic heterocycles. The zero-order valence-corrected chi connectivity index (χ0v) is 14.2. The van der Waals surface area contributed by atoms with Gasteiger partial charge in [-0.3, -0.25) is 0 Å². The third kappa shape index (κ3) is 3.70. The van der Waals surface area contributed by atoms with E-state index in [-0.39, 0.29) is 6.61 Å². The van der Waals surface area contributed by atoms with Gasteiger partial charge in [-0.25, -0.2) is 4.79 Å². The average Bonchev–Trinajstić information content (AvgIpc) is 2.44. The summed E-state index contributed by atoms with van der Waals surface area (Å²) in [7, 11) is 0. The lowest BCUT2D eigenvalue weighted by molar-refractivity contribution is 0.0472. The van der Waals surface area contributed by atoms with Gasteiger partial charge in [0.1, 0.15) is 6.61 Å². The van der Waals surface area contributed by atoms with Crippen LogP contribution in [-0.4, -0.2) is 5.97 Å². The molecule has 0 fully saturated rings. The van der Waals surface area contributed by atoms with Crippen LogP contribution in [0.2, 0.25) is 10.0 Å². The third-order valence-corrected chi connectivity index (χ3v) is 4.34. The molecule has 0 bridgehead atoms. The van der Waals surface area contributed by atoms with Crippen molar-refractivity contribution in [1.29, 1.82) is 0 Å². The Labute approximate surface area is 141 Å². The molecule has 0 amide bonds. The van der Waals surface area contributed by atoms with Crippen molar-refractivity contribution in [2.75, 3.05) is 5.73 Å². The number of hydrogen-bond acceptors (Lipinski definition) is 3. The van der Waals surface area contributed by atoms with E-state index in [2.05, 4.69) is 15.9 Å². The fourth-order valence-electron chi connectivity index (χ4n) is 1.79. The van der Waals surface area contributed by atoms with Crippen LogP contribution in [0.15, 0.2) is 34.8 Å². The standard InChI is InChI=1S/C15H12BrCl2NO2/c1-8-11(5-10(16)6-13(8)19)15(20)21-7-9-3-2-4-12(17)14(9)18/h2-6H,7,19H2,1H3. The molecule has 0 aliphatic rings. The van der Waals surface area contributed by atoms with Gasteiger partial charge in [-0.2, -0.15) is 0 Å². The monoisotopic (exact) mass is 387 g/mol. The van der Waals surface area contributed by atoms with Crippen LogP contribution in [0.4, 0.5) is 5.69 Å². The van der Waals surface area contributed by atoms with Crippen LogP contribution in [0.5, 0.6) is 0 Å². The van der Waals surface area contributed by atoms with Gasteiger partial charge >= 0.3 is 5.97 Å². The van der Waals surface area contributed by atoms with Gasteiger partial charge in [0.25, 0.3) is 0 Å². The first-order chi connectivity index (χ1) is 9.90. The molecule has 3 nitrogen and oxygen atoms in total. The highest BCUT2D eigenvalue weighted by Crippen LogP contribution is 2.27. The van der Waals surface area contributed by atoms with E-state index < -0.39 is 5.97 Å². The van der Waals surface area contributed by atoms with Gasteiger partial charge in [-0.15, -0.1) is 0 Å². The second kappa shape index (κ2) is 6.69. The van der Waals surface area contributed by atoms with E-state index in [1.165, 1.54) is 0 Å². The highest BCUT2D eigenvalue weighted by atomic mass is 79.9. The smallest absolute Gasteiger partial charge is 0.338 e. The Morgan fingerprint density at radius 1 is 1.33 bits per heavy atom. The van der Waals surface area contributed by atoms with Crippen molar-refractivity contribution >= 4 is 50.8 Å². The van der Waals surface area contributed by atoms with E-state index in [4.69, 9.17) is 33.7 Å². The summed E-state index contributed by atoms with van der Waals surface area (Å²) in [4.78, 5) is 12.2. The zero-order chi connectivity index (χ0) is 15.6. The predicted octanol–water partition coefficient (Wildman–Crippen LogP) is 5.00. The summed E-state index contributed by atoms with van der Waals surface area (Å²) in [5, 5.41) is 0.811. The van der Waals surface area contributed by atoms with Gasteiger partial charge in [-0.1, -0.05) is 51.3 Å². The van der Waals surface area contributed by atoms with E-state index in [1.807, 2.05) is 0 Å². The SMILES string of the molecule is Cc1c(N)cc(Br)cc1C(=O)OCc1cccc(Cl)c1Cl. The number of carbonyl (C=O) groups excluding carboxylic acids is 1. The fraction of sp³-hybridized carbons (Fsp3) is 0.133. The van der Waals surface area contributed by atoms with Gasteiger partial charge in [0.05, 0.1) is 15.6 Å². The highest BCUT2D eigenvalue weighted by molar-refractivity contribution is 9.10. The van der Waals surface area contributed by atoms with E-state index in [9.17, 15) is 4.79 Å². The van der Waals surface area contributed by atoms with Crippen molar-refractivity contribution in [2.45, 2.75) is 13.5 Å². The van der Waals surface area contributed by atoms with Crippen LogP contribution in [-0.2, 0) is 11.3 Å². The van der Waals surface area contributed by atoms with Crippen molar-refractivity contribution in [3.05, 3.63) is 61.5 Å². The minimum atomic E-state index is -0.462. The average molecular weight is 389 g/mol. The number of hydrogen-bond donors (Lipinski definition) is 1. The van der Waals surface area contributed by atoms with Crippen molar-refractivity contribution in [3.8, 4) is 0 Å². The molecule has 21 heavy (non-hydrogen) atoms. The van der Waals surface area contributed by atoms with Gasteiger partial charge < -0.3 is 10.5 Å². The molecule has 2 aromatic carbocycles. The largest absolute Gasteiger partial charge is 0.457 e. The number of benzene rings is 2. The maximum absolute atomic E-state index is 12.2. The summed E-state index contributed by atoms with van der Waals surface area (Å²) in [6, 6.07) is 8.59. The first kappa shape index (κ1) is 16.1.